The minimum atomic E-state index is -0.543. The maximum atomic E-state index is 13.3. The Morgan fingerprint density at radius 2 is 1.82 bits per heavy atom. The summed E-state index contributed by atoms with van der Waals surface area (Å²) < 4.78 is 0. The number of carbonyl (C=O) groups is 2. The fourth-order valence-corrected chi connectivity index (χ4v) is 5.56. The van der Waals surface area contributed by atoms with Gasteiger partial charge in [0.25, 0.3) is 0 Å². The number of hydrogen-bond donors (Lipinski definition) is 1. The van der Waals surface area contributed by atoms with Crippen LogP contribution in [-0.4, -0.2) is 34.6 Å². The predicted octanol–water partition coefficient (Wildman–Crippen LogP) is 6.40. The van der Waals surface area contributed by atoms with Crippen molar-refractivity contribution in [3.8, 4) is 0 Å². The zero-order chi connectivity index (χ0) is 23.8. The van der Waals surface area contributed by atoms with Gasteiger partial charge in [-0.3, -0.25) is 9.59 Å². The summed E-state index contributed by atoms with van der Waals surface area (Å²) in [4.78, 5) is 28.1. The molecule has 178 valence electrons. The third-order valence-corrected chi connectivity index (χ3v) is 7.77. The zero-order valence-electron chi connectivity index (χ0n) is 19.3. The van der Waals surface area contributed by atoms with Gasteiger partial charge in [-0.15, -0.1) is 11.8 Å². The first-order valence-corrected chi connectivity index (χ1v) is 13.4. The summed E-state index contributed by atoms with van der Waals surface area (Å²) in [5.41, 5.74) is 3.09. The number of rotatable bonds is 9. The van der Waals surface area contributed by atoms with E-state index >= 15 is 0 Å². The van der Waals surface area contributed by atoms with E-state index in [1.54, 1.807) is 17.0 Å². The number of nitrogens with one attached hydrogen (secondary N) is 1. The fourth-order valence-electron chi connectivity index (χ4n) is 4.09. The van der Waals surface area contributed by atoms with E-state index in [-0.39, 0.29) is 23.6 Å². The molecule has 1 saturated carbocycles. The lowest BCUT2D eigenvalue weighted by molar-refractivity contribution is -0.139. The van der Waals surface area contributed by atoms with Gasteiger partial charge in [-0.25, -0.2) is 0 Å². The van der Waals surface area contributed by atoms with Gasteiger partial charge >= 0.3 is 0 Å². The first-order valence-electron chi connectivity index (χ1n) is 11.5. The van der Waals surface area contributed by atoms with E-state index in [1.165, 1.54) is 18.2 Å². The standard InChI is InChI=1S/C26H32Cl2N2O2S/c1-18-8-6-7-9-20(18)15-30(19(2)26(32)29-23-10-4-3-5-11-23)25(31)17-33-16-21-12-13-22(27)14-24(21)28/h6-9,12-14,19,23H,3-5,10-11,15-17H2,1-2H3,(H,29,32). The third-order valence-electron chi connectivity index (χ3n) is 6.22. The Labute approximate surface area is 211 Å². The molecular weight excluding hydrogens is 475 g/mol. The number of nitrogens with zero attached hydrogens (tertiary/aromatic N) is 1. The number of carbonyl (C=O) groups excluding carboxylic acids is 2. The summed E-state index contributed by atoms with van der Waals surface area (Å²) in [5, 5.41) is 4.37. The van der Waals surface area contributed by atoms with Crippen molar-refractivity contribution in [3.63, 3.8) is 0 Å². The molecule has 3 rings (SSSR count). The summed E-state index contributed by atoms with van der Waals surface area (Å²) >= 11 is 13.7. The van der Waals surface area contributed by atoms with Crippen molar-refractivity contribution >= 4 is 46.8 Å². The maximum absolute atomic E-state index is 13.3. The lowest BCUT2D eigenvalue weighted by Crippen LogP contribution is -2.50. The highest BCUT2D eigenvalue weighted by Gasteiger charge is 2.28. The van der Waals surface area contributed by atoms with Crippen LogP contribution >= 0.6 is 35.0 Å². The van der Waals surface area contributed by atoms with Gasteiger partial charge in [-0.1, -0.05) is 72.8 Å². The van der Waals surface area contributed by atoms with Crippen LogP contribution in [0.15, 0.2) is 42.5 Å². The van der Waals surface area contributed by atoms with Crippen LogP contribution in [0.2, 0.25) is 10.0 Å². The van der Waals surface area contributed by atoms with Gasteiger partial charge in [0, 0.05) is 28.4 Å². The molecule has 1 aliphatic carbocycles. The quantitative estimate of drug-likeness (QED) is 0.427. The number of amides is 2. The van der Waals surface area contributed by atoms with Gasteiger partial charge in [0.2, 0.25) is 11.8 Å². The Hall–Kier alpha value is -1.69. The molecule has 2 aromatic carbocycles. The summed E-state index contributed by atoms with van der Waals surface area (Å²) in [6, 6.07) is 13.1. The largest absolute Gasteiger partial charge is 0.352 e. The topological polar surface area (TPSA) is 49.4 Å². The van der Waals surface area contributed by atoms with Crippen molar-refractivity contribution in [1.29, 1.82) is 0 Å². The summed E-state index contributed by atoms with van der Waals surface area (Å²) in [6.45, 7) is 4.27. The van der Waals surface area contributed by atoms with E-state index in [1.807, 2.05) is 44.2 Å². The molecule has 0 heterocycles. The molecule has 1 N–H and O–H groups in total. The van der Waals surface area contributed by atoms with Crippen molar-refractivity contribution in [1.82, 2.24) is 10.2 Å². The molecule has 1 unspecified atom stereocenters. The fraction of sp³-hybridized carbons (Fsp3) is 0.462. The minimum Gasteiger partial charge on any atom is -0.352 e. The number of thioether (sulfide) groups is 1. The van der Waals surface area contributed by atoms with Crippen LogP contribution in [-0.2, 0) is 21.9 Å². The molecule has 7 heteroatoms. The van der Waals surface area contributed by atoms with Crippen LogP contribution in [0.4, 0.5) is 0 Å². The highest BCUT2D eigenvalue weighted by atomic mass is 35.5. The minimum absolute atomic E-state index is 0.0559. The molecule has 0 aliphatic heterocycles. The smallest absolute Gasteiger partial charge is 0.242 e. The molecule has 33 heavy (non-hydrogen) atoms. The van der Waals surface area contributed by atoms with Crippen molar-refractivity contribution in [2.24, 2.45) is 0 Å². The summed E-state index contributed by atoms with van der Waals surface area (Å²) in [5.74, 6) is 0.739. The SMILES string of the molecule is Cc1ccccc1CN(C(=O)CSCc1ccc(Cl)cc1Cl)C(C)C(=O)NC1CCCCC1. The highest BCUT2D eigenvalue weighted by Crippen LogP contribution is 2.25. The van der Waals surface area contributed by atoms with Crippen molar-refractivity contribution in [2.75, 3.05) is 5.75 Å². The Morgan fingerprint density at radius 3 is 2.52 bits per heavy atom. The number of hydrogen-bond acceptors (Lipinski definition) is 3. The van der Waals surface area contributed by atoms with Crippen LogP contribution < -0.4 is 5.32 Å². The summed E-state index contributed by atoms with van der Waals surface area (Å²) in [6.07, 6.45) is 5.56. The van der Waals surface area contributed by atoms with Crippen LogP contribution in [0, 0.1) is 6.92 Å². The second-order valence-corrected chi connectivity index (χ2v) is 10.5. The maximum Gasteiger partial charge on any atom is 0.242 e. The Balaban J connectivity index is 1.67. The molecular formula is C26H32Cl2N2O2S. The molecule has 4 nitrogen and oxygen atoms in total. The molecule has 0 bridgehead atoms. The molecule has 0 aromatic heterocycles. The second-order valence-electron chi connectivity index (χ2n) is 8.70. The highest BCUT2D eigenvalue weighted by molar-refractivity contribution is 7.99. The van der Waals surface area contributed by atoms with E-state index in [2.05, 4.69) is 5.32 Å². The molecule has 0 radical (unpaired) electrons. The second kappa shape index (κ2) is 12.7. The first kappa shape index (κ1) is 25.9. The van der Waals surface area contributed by atoms with Crippen LogP contribution in [0.5, 0.6) is 0 Å². The van der Waals surface area contributed by atoms with Crippen molar-refractivity contribution in [3.05, 3.63) is 69.2 Å². The van der Waals surface area contributed by atoms with Crippen LogP contribution in [0.25, 0.3) is 0 Å². The normalized spacial score (nSPS) is 15.2. The van der Waals surface area contributed by atoms with Crippen LogP contribution in [0.3, 0.4) is 0 Å². The van der Waals surface area contributed by atoms with E-state index < -0.39 is 6.04 Å². The molecule has 1 fully saturated rings. The van der Waals surface area contributed by atoms with Gasteiger partial charge in [0.15, 0.2) is 0 Å². The van der Waals surface area contributed by atoms with Gasteiger partial charge in [0.1, 0.15) is 6.04 Å². The van der Waals surface area contributed by atoms with Gasteiger partial charge in [-0.05, 0) is 55.5 Å². The number of aryl methyl sites for hydroxylation is 1. The van der Waals surface area contributed by atoms with E-state index in [4.69, 9.17) is 23.2 Å². The molecule has 2 aromatic rings. The molecule has 1 atom stereocenters. The zero-order valence-corrected chi connectivity index (χ0v) is 21.6. The van der Waals surface area contributed by atoms with E-state index in [9.17, 15) is 9.59 Å². The lowest BCUT2D eigenvalue weighted by atomic mass is 9.95. The van der Waals surface area contributed by atoms with E-state index in [0.717, 1.165) is 42.4 Å². The summed E-state index contributed by atoms with van der Waals surface area (Å²) in [7, 11) is 0. The third kappa shape index (κ3) is 7.66. The first-order chi connectivity index (χ1) is 15.8. The van der Waals surface area contributed by atoms with Gasteiger partial charge < -0.3 is 10.2 Å². The lowest BCUT2D eigenvalue weighted by Gasteiger charge is -2.31. The van der Waals surface area contributed by atoms with Crippen molar-refractivity contribution in [2.45, 2.75) is 70.3 Å². The average Bonchev–Trinajstić information content (AvgIpc) is 2.80. The number of benzene rings is 2. The predicted molar refractivity (Wildman–Crippen MR) is 139 cm³/mol. The van der Waals surface area contributed by atoms with E-state index in [0.29, 0.717) is 22.3 Å². The Morgan fingerprint density at radius 1 is 1.09 bits per heavy atom. The molecule has 1 aliphatic rings. The van der Waals surface area contributed by atoms with Gasteiger partial charge in [0.05, 0.1) is 5.75 Å². The van der Waals surface area contributed by atoms with Crippen molar-refractivity contribution < 1.29 is 9.59 Å². The molecule has 0 spiro atoms. The van der Waals surface area contributed by atoms with Gasteiger partial charge in [-0.2, -0.15) is 0 Å². The Bertz CT molecular complexity index is 963. The average molecular weight is 508 g/mol. The molecule has 2 amide bonds. The molecule has 0 saturated heterocycles. The van der Waals surface area contributed by atoms with Crippen LogP contribution in [0.1, 0.15) is 55.7 Å². The monoisotopic (exact) mass is 506 g/mol. The number of halogens is 2. The Kier molecular flexibility index (Phi) is 9.96.